The number of fused-ring (bicyclic) bond motifs is 1. The summed E-state index contributed by atoms with van der Waals surface area (Å²) in [6.07, 6.45) is 4.58. The summed E-state index contributed by atoms with van der Waals surface area (Å²) < 4.78 is 0. The highest BCUT2D eigenvalue weighted by Gasteiger charge is 2.12. The number of hydrazone groups is 1. The van der Waals surface area contributed by atoms with E-state index < -0.39 is 0 Å². The molecule has 0 unspecified atom stereocenters. The summed E-state index contributed by atoms with van der Waals surface area (Å²) in [5.74, 6) is -0.112. The minimum Gasteiger partial charge on any atom is -0.372 e. The van der Waals surface area contributed by atoms with Gasteiger partial charge in [0.1, 0.15) is 0 Å². The molecule has 1 saturated heterocycles. The van der Waals surface area contributed by atoms with Crippen molar-refractivity contribution in [2.75, 3.05) is 18.0 Å². The summed E-state index contributed by atoms with van der Waals surface area (Å²) in [7, 11) is 0. The number of carbonyl (C=O) groups is 1. The van der Waals surface area contributed by atoms with E-state index in [2.05, 4.69) is 52.7 Å². The minimum atomic E-state index is -0.112. The molecule has 1 aliphatic heterocycles. The number of rotatable bonds is 5. The lowest BCUT2D eigenvalue weighted by molar-refractivity contribution is -0.120. The van der Waals surface area contributed by atoms with Gasteiger partial charge in [0.15, 0.2) is 0 Å². The molecule has 1 fully saturated rings. The van der Waals surface area contributed by atoms with Crippen molar-refractivity contribution in [2.45, 2.75) is 26.2 Å². The van der Waals surface area contributed by atoms with Gasteiger partial charge in [-0.05, 0) is 59.4 Å². The Bertz CT molecular complexity index is 1010. The molecule has 1 N–H and O–H groups in total. The molecule has 0 spiro atoms. The highest BCUT2D eigenvalue weighted by molar-refractivity contribution is 5.91. The summed E-state index contributed by atoms with van der Waals surface area (Å²) in [5, 5.41) is 6.42. The molecule has 1 aliphatic rings. The summed E-state index contributed by atoms with van der Waals surface area (Å²) in [5.41, 5.74) is 7.13. The lowest BCUT2D eigenvalue weighted by Crippen LogP contribution is -2.20. The van der Waals surface area contributed by atoms with Crippen LogP contribution in [0.25, 0.3) is 10.8 Å². The Balaban J connectivity index is 1.39. The molecule has 0 saturated carbocycles. The monoisotopic (exact) mass is 371 g/mol. The molecule has 0 aliphatic carbocycles. The maximum absolute atomic E-state index is 12.3. The number of carbonyl (C=O) groups excluding carboxylic acids is 1. The maximum atomic E-state index is 12.3. The third kappa shape index (κ3) is 4.06. The number of aryl methyl sites for hydroxylation is 1. The molecule has 4 rings (SSSR count). The van der Waals surface area contributed by atoms with E-state index in [9.17, 15) is 4.79 Å². The lowest BCUT2D eigenvalue weighted by Gasteiger charge is -2.18. The van der Waals surface area contributed by atoms with E-state index in [1.165, 1.54) is 18.5 Å². The van der Waals surface area contributed by atoms with Crippen LogP contribution in [-0.2, 0) is 11.2 Å². The lowest BCUT2D eigenvalue weighted by atomic mass is 10.0. The molecule has 4 nitrogen and oxygen atoms in total. The quantitative estimate of drug-likeness (QED) is 0.532. The fourth-order valence-corrected chi connectivity index (χ4v) is 3.81. The Labute approximate surface area is 165 Å². The highest BCUT2D eigenvalue weighted by atomic mass is 16.2. The minimum absolute atomic E-state index is 0.112. The zero-order valence-corrected chi connectivity index (χ0v) is 16.2. The van der Waals surface area contributed by atoms with E-state index in [-0.39, 0.29) is 5.91 Å². The van der Waals surface area contributed by atoms with Gasteiger partial charge in [0, 0.05) is 18.8 Å². The molecule has 142 valence electrons. The van der Waals surface area contributed by atoms with Gasteiger partial charge in [-0.15, -0.1) is 0 Å². The first-order valence-corrected chi connectivity index (χ1v) is 9.85. The number of hydrogen-bond acceptors (Lipinski definition) is 3. The molecule has 0 aromatic heterocycles. The number of amides is 1. The molecule has 1 amide bonds. The van der Waals surface area contributed by atoms with E-state index in [1.807, 2.05) is 30.3 Å². The van der Waals surface area contributed by atoms with E-state index in [1.54, 1.807) is 6.21 Å². The summed E-state index contributed by atoms with van der Waals surface area (Å²) in [6, 6.07) is 20.6. The molecule has 0 atom stereocenters. The normalized spacial score (nSPS) is 14.1. The molecular formula is C24H25N3O. The van der Waals surface area contributed by atoms with Gasteiger partial charge in [-0.3, -0.25) is 4.79 Å². The average molecular weight is 371 g/mol. The van der Waals surface area contributed by atoms with Crippen molar-refractivity contribution in [3.8, 4) is 0 Å². The fourth-order valence-electron chi connectivity index (χ4n) is 3.81. The van der Waals surface area contributed by atoms with Crippen molar-refractivity contribution in [2.24, 2.45) is 5.10 Å². The second kappa shape index (κ2) is 8.26. The number of nitrogens with one attached hydrogen (secondary N) is 1. The molecule has 0 radical (unpaired) electrons. The van der Waals surface area contributed by atoms with Crippen LogP contribution in [0.3, 0.4) is 0 Å². The maximum Gasteiger partial charge on any atom is 0.244 e. The predicted molar refractivity (Wildman–Crippen MR) is 116 cm³/mol. The molecule has 1 heterocycles. The predicted octanol–water partition coefficient (Wildman–Crippen LogP) is 4.44. The molecule has 3 aromatic rings. The van der Waals surface area contributed by atoms with Gasteiger partial charge in [0.2, 0.25) is 5.91 Å². The fraction of sp³-hybridized carbons (Fsp3) is 0.250. The van der Waals surface area contributed by atoms with E-state index >= 15 is 0 Å². The molecular weight excluding hydrogens is 346 g/mol. The van der Waals surface area contributed by atoms with Crippen molar-refractivity contribution in [3.05, 3.63) is 77.4 Å². The number of hydrogen-bond donors (Lipinski definition) is 1. The first kappa shape index (κ1) is 18.2. The van der Waals surface area contributed by atoms with Gasteiger partial charge in [-0.1, -0.05) is 48.5 Å². The molecule has 4 heteroatoms. The van der Waals surface area contributed by atoms with Gasteiger partial charge < -0.3 is 4.90 Å². The van der Waals surface area contributed by atoms with Crippen LogP contribution in [0.5, 0.6) is 0 Å². The first-order valence-electron chi connectivity index (χ1n) is 9.85. The third-order valence-corrected chi connectivity index (χ3v) is 5.35. The number of nitrogens with zero attached hydrogens (tertiary/aromatic N) is 2. The Hall–Kier alpha value is -3.14. The second-order valence-electron chi connectivity index (χ2n) is 7.34. The Kier molecular flexibility index (Phi) is 5.38. The third-order valence-electron chi connectivity index (χ3n) is 5.35. The average Bonchev–Trinajstić information content (AvgIpc) is 3.24. The van der Waals surface area contributed by atoms with E-state index in [4.69, 9.17) is 0 Å². The Morgan fingerprint density at radius 2 is 1.86 bits per heavy atom. The SMILES string of the molecule is Cc1cc(N2CCCC2)ccc1C=NNC(=O)Cc1cccc2ccccc12. The molecule has 0 bridgehead atoms. The summed E-state index contributed by atoms with van der Waals surface area (Å²) in [6.45, 7) is 4.35. The molecule has 28 heavy (non-hydrogen) atoms. The Morgan fingerprint density at radius 3 is 2.68 bits per heavy atom. The van der Waals surface area contributed by atoms with Crippen molar-refractivity contribution in [1.29, 1.82) is 0 Å². The van der Waals surface area contributed by atoms with Gasteiger partial charge >= 0.3 is 0 Å². The van der Waals surface area contributed by atoms with Crippen LogP contribution < -0.4 is 10.3 Å². The number of benzene rings is 3. The summed E-state index contributed by atoms with van der Waals surface area (Å²) in [4.78, 5) is 14.7. The Morgan fingerprint density at radius 1 is 1.07 bits per heavy atom. The highest BCUT2D eigenvalue weighted by Crippen LogP contribution is 2.22. The first-order chi connectivity index (χ1) is 13.7. The van der Waals surface area contributed by atoms with Crippen LogP contribution in [0.2, 0.25) is 0 Å². The van der Waals surface area contributed by atoms with Crippen molar-refractivity contribution < 1.29 is 4.79 Å². The van der Waals surface area contributed by atoms with Crippen LogP contribution in [0.1, 0.15) is 29.5 Å². The smallest absolute Gasteiger partial charge is 0.244 e. The largest absolute Gasteiger partial charge is 0.372 e. The van der Waals surface area contributed by atoms with E-state index in [0.29, 0.717) is 6.42 Å². The topological polar surface area (TPSA) is 44.7 Å². The zero-order chi connectivity index (χ0) is 19.3. The standard InChI is InChI=1S/C24H25N3O/c1-18-15-22(27-13-4-5-14-27)12-11-21(18)17-25-26-24(28)16-20-9-6-8-19-7-2-3-10-23(19)20/h2-3,6-12,15,17H,4-5,13-14,16H2,1H3,(H,26,28). The van der Waals surface area contributed by atoms with Gasteiger partial charge in [-0.2, -0.15) is 5.10 Å². The van der Waals surface area contributed by atoms with Gasteiger partial charge in [0.25, 0.3) is 0 Å². The number of anilines is 1. The van der Waals surface area contributed by atoms with Crippen molar-refractivity contribution in [1.82, 2.24) is 5.43 Å². The van der Waals surface area contributed by atoms with Gasteiger partial charge in [-0.25, -0.2) is 5.43 Å². The van der Waals surface area contributed by atoms with Crippen LogP contribution in [-0.4, -0.2) is 25.2 Å². The van der Waals surface area contributed by atoms with Crippen LogP contribution >= 0.6 is 0 Å². The second-order valence-corrected chi connectivity index (χ2v) is 7.34. The summed E-state index contributed by atoms with van der Waals surface area (Å²) >= 11 is 0. The van der Waals surface area contributed by atoms with Crippen LogP contribution in [0.15, 0.2) is 65.8 Å². The van der Waals surface area contributed by atoms with E-state index in [0.717, 1.165) is 40.6 Å². The van der Waals surface area contributed by atoms with Crippen molar-refractivity contribution in [3.63, 3.8) is 0 Å². The molecule has 3 aromatic carbocycles. The van der Waals surface area contributed by atoms with Crippen LogP contribution in [0.4, 0.5) is 5.69 Å². The van der Waals surface area contributed by atoms with Crippen LogP contribution in [0, 0.1) is 6.92 Å². The zero-order valence-electron chi connectivity index (χ0n) is 16.2. The van der Waals surface area contributed by atoms with Crippen molar-refractivity contribution >= 4 is 28.6 Å². The van der Waals surface area contributed by atoms with Gasteiger partial charge in [0.05, 0.1) is 12.6 Å².